The number of hydrogen-bond donors (Lipinski definition) is 0. The van der Waals surface area contributed by atoms with Crippen LogP contribution in [-0.4, -0.2) is 20.0 Å². The van der Waals surface area contributed by atoms with E-state index in [2.05, 4.69) is 12.1 Å². The van der Waals surface area contributed by atoms with Gasteiger partial charge >= 0.3 is 0 Å². The number of allylic oxidation sites excluding steroid dienone is 1. The number of carbonyl (C=O) groups excluding carboxylic acids is 1. The Morgan fingerprint density at radius 2 is 1.58 bits per heavy atom. The Hall–Kier alpha value is -3.07. The number of Topliss-reactive ketones (excluding diaryl/α,β-unsaturated/α-hetero) is 1. The lowest BCUT2D eigenvalue weighted by Gasteiger charge is -2.18. The maximum Gasteiger partial charge on any atom is 0.228 e. The van der Waals surface area contributed by atoms with Crippen molar-refractivity contribution in [1.82, 2.24) is 0 Å². The first kappa shape index (κ1) is 14.5. The monoisotopic (exact) mass is 316 g/mol. The second-order valence-electron chi connectivity index (χ2n) is 5.70. The summed E-state index contributed by atoms with van der Waals surface area (Å²) in [6, 6.07) is 17.9. The molecule has 0 amide bonds. The molecule has 3 aromatic carbocycles. The van der Waals surface area contributed by atoms with Gasteiger partial charge in [0, 0.05) is 10.9 Å². The van der Waals surface area contributed by atoms with Crippen molar-refractivity contribution in [3.8, 4) is 16.9 Å². The lowest BCUT2D eigenvalue weighted by Crippen LogP contribution is -2.10. The number of rotatable bonds is 3. The number of benzene rings is 3. The Morgan fingerprint density at radius 1 is 0.792 bits per heavy atom. The van der Waals surface area contributed by atoms with Crippen molar-refractivity contribution in [3.63, 3.8) is 0 Å². The second kappa shape index (κ2) is 5.53. The number of hydrogen-bond acceptors (Lipinski definition) is 3. The number of methoxy groups -OCH3 is 2. The molecule has 24 heavy (non-hydrogen) atoms. The summed E-state index contributed by atoms with van der Waals surface area (Å²) in [6.07, 6.45) is 1.81. The summed E-state index contributed by atoms with van der Waals surface area (Å²) in [7, 11) is 3.18. The molecule has 0 heterocycles. The molecule has 0 atom stereocenters. The zero-order chi connectivity index (χ0) is 16.7. The van der Waals surface area contributed by atoms with Crippen LogP contribution in [0.1, 0.15) is 15.9 Å². The first-order valence-corrected chi connectivity index (χ1v) is 7.73. The third-order valence-corrected chi connectivity index (χ3v) is 4.45. The molecule has 3 nitrogen and oxygen atoms in total. The van der Waals surface area contributed by atoms with Crippen molar-refractivity contribution in [3.05, 3.63) is 71.5 Å². The Balaban J connectivity index is 1.98. The minimum Gasteiger partial charge on any atom is -0.497 e. The molecular weight excluding hydrogens is 300 g/mol. The van der Waals surface area contributed by atoms with Gasteiger partial charge in [0.2, 0.25) is 5.78 Å². The van der Waals surface area contributed by atoms with Crippen molar-refractivity contribution in [2.45, 2.75) is 0 Å². The van der Waals surface area contributed by atoms with Crippen molar-refractivity contribution in [2.24, 2.45) is 0 Å². The molecule has 4 rings (SSSR count). The van der Waals surface area contributed by atoms with Crippen LogP contribution in [0.15, 0.2) is 60.4 Å². The fourth-order valence-corrected chi connectivity index (χ4v) is 3.26. The van der Waals surface area contributed by atoms with E-state index in [0.29, 0.717) is 11.3 Å². The Kier molecular flexibility index (Phi) is 3.35. The lowest BCUT2D eigenvalue weighted by molar-refractivity contribution is 0.0957. The van der Waals surface area contributed by atoms with Gasteiger partial charge in [-0.3, -0.25) is 4.79 Å². The van der Waals surface area contributed by atoms with E-state index in [1.165, 1.54) is 7.11 Å². The zero-order valence-corrected chi connectivity index (χ0v) is 13.5. The molecule has 1 aliphatic rings. The van der Waals surface area contributed by atoms with E-state index in [4.69, 9.17) is 9.47 Å². The van der Waals surface area contributed by atoms with Crippen LogP contribution in [0, 0.1) is 0 Å². The van der Waals surface area contributed by atoms with Crippen LogP contribution in [0.2, 0.25) is 0 Å². The molecule has 0 spiro atoms. The highest BCUT2D eigenvalue weighted by Gasteiger charge is 2.23. The van der Waals surface area contributed by atoms with Crippen LogP contribution in [0.4, 0.5) is 0 Å². The van der Waals surface area contributed by atoms with Gasteiger partial charge in [-0.2, -0.15) is 0 Å². The molecule has 1 aliphatic carbocycles. The summed E-state index contributed by atoms with van der Waals surface area (Å²) in [6.45, 7) is 0. The van der Waals surface area contributed by atoms with Gasteiger partial charge in [0.15, 0.2) is 5.76 Å². The minimum atomic E-state index is -0.0671. The molecule has 0 saturated heterocycles. The normalized spacial score (nSPS) is 12.9. The van der Waals surface area contributed by atoms with Crippen molar-refractivity contribution in [2.75, 3.05) is 14.2 Å². The summed E-state index contributed by atoms with van der Waals surface area (Å²) in [5.74, 6) is 1.14. The first-order valence-electron chi connectivity index (χ1n) is 7.73. The van der Waals surface area contributed by atoms with Gasteiger partial charge in [0.25, 0.3) is 0 Å². The molecule has 0 unspecified atom stereocenters. The van der Waals surface area contributed by atoms with Gasteiger partial charge < -0.3 is 9.47 Å². The predicted octanol–water partition coefficient (Wildman–Crippen LogP) is 4.70. The average molecular weight is 316 g/mol. The second-order valence-corrected chi connectivity index (χ2v) is 5.70. The average Bonchev–Trinajstić information content (AvgIpc) is 2.64. The number of ketones is 1. The third kappa shape index (κ3) is 2.09. The SMILES string of the molecule is COC1=Cc2ccc(-c3ccc(OC)cc3)c3cccc(c23)C1=O. The van der Waals surface area contributed by atoms with E-state index >= 15 is 0 Å². The Morgan fingerprint density at radius 3 is 2.29 bits per heavy atom. The highest BCUT2D eigenvalue weighted by molar-refractivity contribution is 6.23. The van der Waals surface area contributed by atoms with E-state index in [9.17, 15) is 4.79 Å². The van der Waals surface area contributed by atoms with Gasteiger partial charge in [-0.25, -0.2) is 0 Å². The number of ether oxygens (including phenoxy) is 2. The zero-order valence-electron chi connectivity index (χ0n) is 13.5. The molecule has 0 N–H and O–H groups in total. The third-order valence-electron chi connectivity index (χ3n) is 4.45. The summed E-state index contributed by atoms with van der Waals surface area (Å²) >= 11 is 0. The van der Waals surface area contributed by atoms with Gasteiger partial charge in [0.1, 0.15) is 5.75 Å². The van der Waals surface area contributed by atoms with Gasteiger partial charge in [0.05, 0.1) is 14.2 Å². The van der Waals surface area contributed by atoms with E-state index < -0.39 is 0 Å². The summed E-state index contributed by atoms with van der Waals surface area (Å²) in [4.78, 5) is 12.6. The molecule has 0 fully saturated rings. The van der Waals surface area contributed by atoms with Crippen LogP contribution in [0.25, 0.3) is 28.0 Å². The summed E-state index contributed by atoms with van der Waals surface area (Å²) in [5.41, 5.74) is 3.89. The quantitative estimate of drug-likeness (QED) is 0.702. The van der Waals surface area contributed by atoms with Crippen molar-refractivity contribution >= 4 is 22.6 Å². The van der Waals surface area contributed by atoms with E-state index in [-0.39, 0.29) is 5.78 Å². The van der Waals surface area contributed by atoms with Gasteiger partial charge in [-0.15, -0.1) is 0 Å². The molecule has 3 heteroatoms. The van der Waals surface area contributed by atoms with Crippen LogP contribution < -0.4 is 4.74 Å². The molecule has 0 aromatic heterocycles. The topological polar surface area (TPSA) is 35.5 Å². The van der Waals surface area contributed by atoms with Gasteiger partial charge in [-0.1, -0.05) is 42.5 Å². The standard InChI is InChI=1S/C21H16O3/c1-23-15-9-6-13(7-10-15)16-11-8-14-12-19(24-2)21(22)18-5-3-4-17(16)20(14)18/h3-12H,1-2H3. The van der Waals surface area contributed by atoms with Gasteiger partial charge in [-0.05, 0) is 40.3 Å². The highest BCUT2D eigenvalue weighted by Crippen LogP contribution is 2.37. The van der Waals surface area contributed by atoms with E-state index in [1.54, 1.807) is 7.11 Å². The Labute approximate surface area is 140 Å². The predicted molar refractivity (Wildman–Crippen MR) is 95.3 cm³/mol. The van der Waals surface area contributed by atoms with Crippen LogP contribution >= 0.6 is 0 Å². The van der Waals surface area contributed by atoms with Crippen molar-refractivity contribution in [1.29, 1.82) is 0 Å². The van der Waals surface area contributed by atoms with Crippen LogP contribution in [0.3, 0.4) is 0 Å². The largest absolute Gasteiger partial charge is 0.497 e. The Bertz CT molecular complexity index is 982. The molecule has 0 bridgehead atoms. The fraction of sp³-hybridized carbons (Fsp3) is 0.0952. The maximum atomic E-state index is 12.6. The minimum absolute atomic E-state index is 0.0671. The fourth-order valence-electron chi connectivity index (χ4n) is 3.26. The molecular formula is C21H16O3. The summed E-state index contributed by atoms with van der Waals surface area (Å²) in [5, 5.41) is 2.05. The molecule has 118 valence electrons. The smallest absolute Gasteiger partial charge is 0.228 e. The number of carbonyl (C=O) groups is 1. The van der Waals surface area contributed by atoms with Crippen molar-refractivity contribution < 1.29 is 14.3 Å². The molecule has 0 saturated carbocycles. The summed E-state index contributed by atoms with van der Waals surface area (Å²) < 4.78 is 10.5. The lowest BCUT2D eigenvalue weighted by atomic mass is 9.87. The molecule has 0 radical (unpaired) electrons. The van der Waals surface area contributed by atoms with Crippen LogP contribution in [0.5, 0.6) is 5.75 Å². The molecule has 3 aromatic rings. The maximum absolute atomic E-state index is 12.6. The van der Waals surface area contributed by atoms with E-state index in [1.807, 2.05) is 48.5 Å². The molecule has 0 aliphatic heterocycles. The van der Waals surface area contributed by atoms with E-state index in [0.717, 1.165) is 33.2 Å². The highest BCUT2D eigenvalue weighted by atomic mass is 16.5. The first-order chi connectivity index (χ1) is 11.7. The van der Waals surface area contributed by atoms with Crippen LogP contribution in [-0.2, 0) is 4.74 Å².